The molecule has 1 aromatic heterocycles. The number of amides is 1. The summed E-state index contributed by atoms with van der Waals surface area (Å²) in [5.74, 6) is 0.451. The molecule has 0 unspecified atom stereocenters. The second-order valence-electron chi connectivity index (χ2n) is 7.56. The highest BCUT2D eigenvalue weighted by Crippen LogP contribution is 2.24. The Morgan fingerprint density at radius 2 is 1.78 bits per heavy atom. The quantitative estimate of drug-likeness (QED) is 0.330. The Labute approximate surface area is 196 Å². The average Bonchev–Trinajstić information content (AvgIpc) is 3.13. The topological polar surface area (TPSA) is 46.9 Å². The van der Waals surface area contributed by atoms with Crippen LogP contribution in [0.4, 0.5) is 4.39 Å². The lowest BCUT2D eigenvalue weighted by Crippen LogP contribution is -2.26. The number of benzene rings is 3. The molecule has 4 aromatic rings. The van der Waals surface area contributed by atoms with Gasteiger partial charge in [0.1, 0.15) is 11.6 Å². The fourth-order valence-electron chi connectivity index (χ4n) is 3.66. The number of nitrogens with zero attached hydrogens (tertiary/aromatic N) is 2. The Kier molecular flexibility index (Phi) is 7.08. The molecule has 0 saturated carbocycles. The molecular formula is C25H22Cl2FN3O. The van der Waals surface area contributed by atoms with Crippen molar-refractivity contribution in [1.82, 2.24) is 14.9 Å². The number of rotatable bonds is 8. The Balaban J connectivity index is 1.42. The maximum absolute atomic E-state index is 14.4. The maximum atomic E-state index is 14.4. The number of aryl methyl sites for hydroxylation is 1. The summed E-state index contributed by atoms with van der Waals surface area (Å²) in [6.07, 6.45) is 1.66. The van der Waals surface area contributed by atoms with Crippen LogP contribution in [0.3, 0.4) is 0 Å². The van der Waals surface area contributed by atoms with Gasteiger partial charge in [0.25, 0.3) is 0 Å². The Morgan fingerprint density at radius 1 is 1.00 bits per heavy atom. The number of aromatic nitrogens is 2. The third kappa shape index (κ3) is 5.29. The van der Waals surface area contributed by atoms with E-state index < -0.39 is 0 Å². The van der Waals surface area contributed by atoms with Crippen LogP contribution >= 0.6 is 23.2 Å². The molecule has 0 aliphatic carbocycles. The Bertz CT molecular complexity index is 1220. The molecule has 0 saturated heterocycles. The van der Waals surface area contributed by atoms with Gasteiger partial charge in [0.2, 0.25) is 5.91 Å². The van der Waals surface area contributed by atoms with Crippen LogP contribution in [0, 0.1) is 5.82 Å². The van der Waals surface area contributed by atoms with E-state index in [0.29, 0.717) is 48.0 Å². The summed E-state index contributed by atoms with van der Waals surface area (Å²) < 4.78 is 16.4. The summed E-state index contributed by atoms with van der Waals surface area (Å²) in [6.45, 7) is 0.820. The van der Waals surface area contributed by atoms with Crippen molar-refractivity contribution in [2.24, 2.45) is 0 Å². The van der Waals surface area contributed by atoms with Crippen molar-refractivity contribution in [3.8, 4) is 0 Å². The van der Waals surface area contributed by atoms with E-state index in [1.54, 1.807) is 24.3 Å². The molecule has 4 nitrogen and oxygen atoms in total. The lowest BCUT2D eigenvalue weighted by atomic mass is 10.1. The van der Waals surface area contributed by atoms with Gasteiger partial charge in [-0.25, -0.2) is 9.37 Å². The van der Waals surface area contributed by atoms with Gasteiger partial charge in [-0.3, -0.25) is 4.79 Å². The molecule has 3 aromatic carbocycles. The zero-order valence-electron chi connectivity index (χ0n) is 17.3. The Morgan fingerprint density at radius 3 is 2.56 bits per heavy atom. The van der Waals surface area contributed by atoms with E-state index in [0.717, 1.165) is 22.4 Å². The van der Waals surface area contributed by atoms with Crippen LogP contribution in [0.15, 0.2) is 66.7 Å². The third-order valence-corrected chi connectivity index (χ3v) is 5.89. The second-order valence-corrected chi connectivity index (χ2v) is 8.40. The van der Waals surface area contributed by atoms with Crippen molar-refractivity contribution in [2.45, 2.75) is 25.8 Å². The first-order valence-electron chi connectivity index (χ1n) is 10.4. The highest BCUT2D eigenvalue weighted by Gasteiger charge is 2.15. The summed E-state index contributed by atoms with van der Waals surface area (Å²) in [4.78, 5) is 16.9. The van der Waals surface area contributed by atoms with Crippen LogP contribution in [0.5, 0.6) is 0 Å². The second kappa shape index (κ2) is 10.2. The molecule has 1 N–H and O–H groups in total. The normalized spacial score (nSPS) is 11.1. The zero-order valence-corrected chi connectivity index (χ0v) is 18.8. The van der Waals surface area contributed by atoms with Gasteiger partial charge < -0.3 is 9.88 Å². The number of carbonyl (C=O) groups is 1. The molecular weight excluding hydrogens is 448 g/mol. The van der Waals surface area contributed by atoms with Gasteiger partial charge in [-0.1, -0.05) is 53.5 Å². The van der Waals surface area contributed by atoms with E-state index in [-0.39, 0.29) is 11.7 Å². The minimum atomic E-state index is -0.337. The molecule has 0 bridgehead atoms. The molecule has 0 aliphatic rings. The van der Waals surface area contributed by atoms with E-state index in [9.17, 15) is 9.18 Å². The molecule has 4 rings (SSSR count). The molecule has 164 valence electrons. The molecule has 0 aliphatic heterocycles. The van der Waals surface area contributed by atoms with Gasteiger partial charge in [0.15, 0.2) is 0 Å². The standard InChI is InChI=1S/C25H22Cl2FN3O/c26-18-12-10-17(11-13-18)15-25(32)29-14-4-9-24-30-22-7-1-2-8-23(22)31(24)16-19-20(27)5-3-6-21(19)28/h1-3,5-8,10-13H,4,9,14-16H2,(H,29,32). The molecule has 0 radical (unpaired) electrons. The third-order valence-electron chi connectivity index (χ3n) is 5.29. The number of hydrogen-bond donors (Lipinski definition) is 1. The van der Waals surface area contributed by atoms with Crippen LogP contribution in [0.2, 0.25) is 10.0 Å². The number of imidazole rings is 1. The Hall–Kier alpha value is -2.89. The summed E-state index contributed by atoms with van der Waals surface area (Å²) in [5, 5.41) is 3.99. The lowest BCUT2D eigenvalue weighted by molar-refractivity contribution is -0.120. The first kappa shape index (κ1) is 22.3. The van der Waals surface area contributed by atoms with Crippen molar-refractivity contribution in [2.75, 3.05) is 6.54 Å². The smallest absolute Gasteiger partial charge is 0.224 e. The number of hydrogen-bond acceptors (Lipinski definition) is 2. The largest absolute Gasteiger partial charge is 0.356 e. The zero-order chi connectivity index (χ0) is 22.5. The molecule has 7 heteroatoms. The summed E-state index contributed by atoms with van der Waals surface area (Å²) in [7, 11) is 0. The summed E-state index contributed by atoms with van der Waals surface area (Å²) in [6, 6.07) is 19.7. The molecule has 0 atom stereocenters. The van der Waals surface area contributed by atoms with Crippen LogP contribution in [0.1, 0.15) is 23.4 Å². The van der Waals surface area contributed by atoms with Crippen molar-refractivity contribution in [3.63, 3.8) is 0 Å². The predicted octanol–water partition coefficient (Wildman–Crippen LogP) is 5.82. The number of carbonyl (C=O) groups excluding carboxylic acids is 1. The fraction of sp³-hybridized carbons (Fsp3) is 0.200. The first-order valence-corrected chi connectivity index (χ1v) is 11.1. The number of para-hydroxylation sites is 2. The van der Waals surface area contributed by atoms with E-state index in [4.69, 9.17) is 28.2 Å². The summed E-state index contributed by atoms with van der Waals surface area (Å²) in [5.41, 5.74) is 3.13. The van der Waals surface area contributed by atoms with E-state index in [1.807, 2.05) is 41.0 Å². The molecule has 1 heterocycles. The van der Waals surface area contributed by atoms with Gasteiger partial charge in [-0.15, -0.1) is 0 Å². The highest BCUT2D eigenvalue weighted by atomic mass is 35.5. The van der Waals surface area contributed by atoms with Crippen molar-refractivity contribution >= 4 is 40.1 Å². The minimum absolute atomic E-state index is 0.0426. The SMILES string of the molecule is O=C(Cc1ccc(Cl)cc1)NCCCc1nc2ccccc2n1Cc1c(F)cccc1Cl. The maximum Gasteiger partial charge on any atom is 0.224 e. The van der Waals surface area contributed by atoms with Gasteiger partial charge in [-0.2, -0.15) is 0 Å². The van der Waals surface area contributed by atoms with Crippen molar-refractivity contribution in [1.29, 1.82) is 0 Å². The van der Waals surface area contributed by atoms with E-state index in [2.05, 4.69) is 5.32 Å². The van der Waals surface area contributed by atoms with Crippen molar-refractivity contribution < 1.29 is 9.18 Å². The predicted molar refractivity (Wildman–Crippen MR) is 127 cm³/mol. The van der Waals surface area contributed by atoms with E-state index >= 15 is 0 Å². The molecule has 0 spiro atoms. The fourth-order valence-corrected chi connectivity index (χ4v) is 4.01. The minimum Gasteiger partial charge on any atom is -0.356 e. The highest BCUT2D eigenvalue weighted by molar-refractivity contribution is 6.31. The number of nitrogens with one attached hydrogen (secondary N) is 1. The monoisotopic (exact) mass is 469 g/mol. The molecule has 1 amide bonds. The van der Waals surface area contributed by atoms with Crippen LogP contribution in [0.25, 0.3) is 11.0 Å². The van der Waals surface area contributed by atoms with Crippen LogP contribution in [-0.4, -0.2) is 22.0 Å². The number of halogens is 3. The lowest BCUT2D eigenvalue weighted by Gasteiger charge is -2.12. The summed E-state index contributed by atoms with van der Waals surface area (Å²) >= 11 is 12.1. The van der Waals surface area contributed by atoms with Crippen LogP contribution in [-0.2, 0) is 24.2 Å². The van der Waals surface area contributed by atoms with Crippen LogP contribution < -0.4 is 5.32 Å². The average molecular weight is 470 g/mol. The molecule has 32 heavy (non-hydrogen) atoms. The number of fused-ring (bicyclic) bond motifs is 1. The van der Waals surface area contributed by atoms with Gasteiger partial charge in [0.05, 0.1) is 24.0 Å². The van der Waals surface area contributed by atoms with Gasteiger partial charge in [0, 0.05) is 28.6 Å². The van der Waals surface area contributed by atoms with Gasteiger partial charge in [-0.05, 0) is 48.4 Å². The van der Waals surface area contributed by atoms with Crippen molar-refractivity contribution in [3.05, 3.63) is 99.5 Å². The van der Waals surface area contributed by atoms with Gasteiger partial charge >= 0.3 is 0 Å². The first-order chi connectivity index (χ1) is 15.5. The molecule has 0 fully saturated rings. The van der Waals surface area contributed by atoms with E-state index in [1.165, 1.54) is 6.07 Å².